The van der Waals surface area contributed by atoms with Crippen LogP contribution < -0.4 is 0 Å². The maximum Gasteiger partial charge on any atom is 0.337 e. The van der Waals surface area contributed by atoms with Crippen LogP contribution in [0.5, 0.6) is 0 Å². The molecular formula is C13H18O3. The SMILES string of the molecule is CCCc1ccc(C(=O)OC)cc1CCO. The van der Waals surface area contributed by atoms with Gasteiger partial charge in [-0.15, -0.1) is 0 Å². The molecular weight excluding hydrogens is 204 g/mol. The third-order valence-electron chi connectivity index (χ3n) is 2.53. The molecule has 0 aromatic heterocycles. The van der Waals surface area contributed by atoms with Crippen molar-refractivity contribution >= 4 is 5.97 Å². The standard InChI is InChI=1S/C13H18O3/c1-3-4-10-5-6-12(13(15)16-2)9-11(10)7-8-14/h5-6,9,14H,3-4,7-8H2,1-2H3. The summed E-state index contributed by atoms with van der Waals surface area (Å²) in [6.45, 7) is 2.21. The summed E-state index contributed by atoms with van der Waals surface area (Å²) in [5.41, 5.74) is 2.78. The highest BCUT2D eigenvalue weighted by Gasteiger charge is 2.09. The minimum atomic E-state index is -0.331. The van der Waals surface area contributed by atoms with Gasteiger partial charge in [0, 0.05) is 6.61 Å². The van der Waals surface area contributed by atoms with Crippen molar-refractivity contribution in [3.05, 3.63) is 34.9 Å². The van der Waals surface area contributed by atoms with Crippen molar-refractivity contribution in [1.82, 2.24) is 0 Å². The smallest absolute Gasteiger partial charge is 0.337 e. The Labute approximate surface area is 96.1 Å². The highest BCUT2D eigenvalue weighted by molar-refractivity contribution is 5.89. The summed E-state index contributed by atoms with van der Waals surface area (Å²) in [6, 6.07) is 5.53. The minimum Gasteiger partial charge on any atom is -0.465 e. The van der Waals surface area contributed by atoms with E-state index in [1.807, 2.05) is 12.1 Å². The molecule has 0 amide bonds. The topological polar surface area (TPSA) is 46.5 Å². The van der Waals surface area contributed by atoms with Gasteiger partial charge in [-0.3, -0.25) is 0 Å². The molecule has 0 saturated carbocycles. The maximum absolute atomic E-state index is 11.4. The summed E-state index contributed by atoms with van der Waals surface area (Å²) < 4.78 is 4.67. The van der Waals surface area contributed by atoms with Gasteiger partial charge in [0.05, 0.1) is 12.7 Å². The third kappa shape index (κ3) is 3.07. The Morgan fingerprint density at radius 3 is 2.62 bits per heavy atom. The predicted molar refractivity (Wildman–Crippen MR) is 62.6 cm³/mol. The van der Waals surface area contributed by atoms with E-state index in [0.717, 1.165) is 18.4 Å². The number of rotatable bonds is 5. The van der Waals surface area contributed by atoms with E-state index in [1.54, 1.807) is 6.07 Å². The molecule has 0 heterocycles. The van der Waals surface area contributed by atoms with Gasteiger partial charge in [0.2, 0.25) is 0 Å². The van der Waals surface area contributed by atoms with Crippen LogP contribution in [-0.2, 0) is 17.6 Å². The normalized spacial score (nSPS) is 10.2. The van der Waals surface area contributed by atoms with Crippen LogP contribution in [-0.4, -0.2) is 24.8 Å². The Bertz CT molecular complexity index is 358. The number of benzene rings is 1. The van der Waals surface area contributed by atoms with Crippen molar-refractivity contribution in [2.24, 2.45) is 0 Å². The van der Waals surface area contributed by atoms with E-state index in [9.17, 15) is 4.79 Å². The zero-order valence-electron chi connectivity index (χ0n) is 9.82. The lowest BCUT2D eigenvalue weighted by molar-refractivity contribution is 0.0600. The molecule has 0 bridgehead atoms. The largest absolute Gasteiger partial charge is 0.465 e. The van der Waals surface area contributed by atoms with E-state index < -0.39 is 0 Å². The van der Waals surface area contributed by atoms with Gasteiger partial charge in [-0.05, 0) is 36.1 Å². The Morgan fingerprint density at radius 2 is 2.06 bits per heavy atom. The Balaban J connectivity index is 3.01. The number of esters is 1. The first-order valence-corrected chi connectivity index (χ1v) is 5.53. The van der Waals surface area contributed by atoms with Gasteiger partial charge >= 0.3 is 5.97 Å². The molecule has 0 saturated heterocycles. The summed E-state index contributed by atoms with van der Waals surface area (Å²) in [7, 11) is 1.37. The summed E-state index contributed by atoms with van der Waals surface area (Å²) in [6.07, 6.45) is 2.60. The predicted octanol–water partition coefficient (Wildman–Crippen LogP) is 1.96. The van der Waals surface area contributed by atoms with Gasteiger partial charge < -0.3 is 9.84 Å². The Hall–Kier alpha value is -1.35. The minimum absolute atomic E-state index is 0.0986. The van der Waals surface area contributed by atoms with Gasteiger partial charge in [-0.25, -0.2) is 4.79 Å². The van der Waals surface area contributed by atoms with Crippen LogP contribution in [0.3, 0.4) is 0 Å². The fraction of sp³-hybridized carbons (Fsp3) is 0.462. The number of carbonyl (C=O) groups is 1. The highest BCUT2D eigenvalue weighted by atomic mass is 16.5. The van der Waals surface area contributed by atoms with Gasteiger partial charge in [0.25, 0.3) is 0 Å². The number of hydrogen-bond donors (Lipinski definition) is 1. The molecule has 0 aliphatic rings. The first-order chi connectivity index (χ1) is 7.72. The molecule has 3 nitrogen and oxygen atoms in total. The second-order valence-corrected chi connectivity index (χ2v) is 3.70. The number of aliphatic hydroxyl groups excluding tert-OH is 1. The van der Waals surface area contributed by atoms with Crippen molar-refractivity contribution in [2.75, 3.05) is 13.7 Å². The number of aliphatic hydroxyl groups is 1. The Kier molecular flexibility index (Phi) is 4.99. The lowest BCUT2D eigenvalue weighted by Gasteiger charge is -2.09. The van der Waals surface area contributed by atoms with Crippen LogP contribution in [0.4, 0.5) is 0 Å². The number of hydrogen-bond acceptors (Lipinski definition) is 3. The van der Waals surface area contributed by atoms with Gasteiger partial charge in [0.1, 0.15) is 0 Å². The first-order valence-electron chi connectivity index (χ1n) is 5.53. The monoisotopic (exact) mass is 222 g/mol. The highest BCUT2D eigenvalue weighted by Crippen LogP contribution is 2.15. The molecule has 1 aromatic carbocycles. The molecule has 1 N–H and O–H groups in total. The molecule has 1 rings (SSSR count). The molecule has 0 atom stereocenters. The van der Waals surface area contributed by atoms with E-state index >= 15 is 0 Å². The van der Waals surface area contributed by atoms with Crippen LogP contribution >= 0.6 is 0 Å². The lowest BCUT2D eigenvalue weighted by atomic mass is 9.98. The fourth-order valence-corrected chi connectivity index (χ4v) is 1.74. The quantitative estimate of drug-likeness (QED) is 0.775. The van der Waals surface area contributed by atoms with E-state index in [-0.39, 0.29) is 12.6 Å². The van der Waals surface area contributed by atoms with E-state index in [0.29, 0.717) is 12.0 Å². The number of aryl methyl sites for hydroxylation is 1. The van der Waals surface area contributed by atoms with Crippen LogP contribution in [0.1, 0.15) is 34.8 Å². The van der Waals surface area contributed by atoms with Crippen LogP contribution in [0, 0.1) is 0 Å². The molecule has 0 aliphatic heterocycles. The van der Waals surface area contributed by atoms with Crippen molar-refractivity contribution in [2.45, 2.75) is 26.2 Å². The summed E-state index contributed by atoms with van der Waals surface area (Å²) >= 11 is 0. The Morgan fingerprint density at radius 1 is 1.31 bits per heavy atom. The zero-order valence-corrected chi connectivity index (χ0v) is 9.82. The van der Waals surface area contributed by atoms with E-state index in [4.69, 9.17) is 5.11 Å². The molecule has 3 heteroatoms. The molecule has 0 radical (unpaired) electrons. The first kappa shape index (κ1) is 12.7. The molecule has 0 spiro atoms. The van der Waals surface area contributed by atoms with Gasteiger partial charge in [0.15, 0.2) is 0 Å². The van der Waals surface area contributed by atoms with E-state index in [2.05, 4.69) is 11.7 Å². The molecule has 1 aromatic rings. The average molecular weight is 222 g/mol. The molecule has 0 fully saturated rings. The van der Waals surface area contributed by atoms with Crippen LogP contribution in [0.15, 0.2) is 18.2 Å². The van der Waals surface area contributed by atoms with Crippen molar-refractivity contribution in [3.8, 4) is 0 Å². The molecule has 88 valence electrons. The van der Waals surface area contributed by atoms with E-state index in [1.165, 1.54) is 12.7 Å². The number of methoxy groups -OCH3 is 1. The second kappa shape index (κ2) is 6.28. The summed E-state index contributed by atoms with van der Waals surface area (Å²) in [5.74, 6) is -0.331. The summed E-state index contributed by atoms with van der Waals surface area (Å²) in [4.78, 5) is 11.4. The number of carbonyl (C=O) groups excluding carboxylic acids is 1. The molecule has 16 heavy (non-hydrogen) atoms. The maximum atomic E-state index is 11.4. The van der Waals surface area contributed by atoms with Gasteiger partial charge in [-0.2, -0.15) is 0 Å². The molecule has 0 unspecified atom stereocenters. The molecule has 0 aliphatic carbocycles. The van der Waals surface area contributed by atoms with Crippen molar-refractivity contribution in [3.63, 3.8) is 0 Å². The summed E-state index contributed by atoms with van der Waals surface area (Å²) in [5, 5.41) is 8.98. The van der Waals surface area contributed by atoms with Crippen molar-refractivity contribution < 1.29 is 14.6 Å². The van der Waals surface area contributed by atoms with Crippen LogP contribution in [0.2, 0.25) is 0 Å². The fourth-order valence-electron chi connectivity index (χ4n) is 1.74. The average Bonchev–Trinajstić information content (AvgIpc) is 2.31. The second-order valence-electron chi connectivity index (χ2n) is 3.70. The zero-order chi connectivity index (χ0) is 12.0. The van der Waals surface area contributed by atoms with Crippen molar-refractivity contribution in [1.29, 1.82) is 0 Å². The third-order valence-corrected chi connectivity index (χ3v) is 2.53. The lowest BCUT2D eigenvalue weighted by Crippen LogP contribution is -2.05. The number of ether oxygens (including phenoxy) is 1. The van der Waals surface area contributed by atoms with Crippen LogP contribution in [0.25, 0.3) is 0 Å². The van der Waals surface area contributed by atoms with Gasteiger partial charge in [-0.1, -0.05) is 19.4 Å².